The van der Waals surface area contributed by atoms with Gasteiger partial charge >= 0.3 is 5.82 Å². The lowest BCUT2D eigenvalue weighted by molar-refractivity contribution is -0.392. The zero-order valence-electron chi connectivity index (χ0n) is 10.2. The van der Waals surface area contributed by atoms with Crippen LogP contribution in [0.25, 0.3) is 0 Å². The fourth-order valence-corrected chi connectivity index (χ4v) is 2.50. The molecule has 0 aliphatic heterocycles. The first kappa shape index (κ1) is 14.4. The van der Waals surface area contributed by atoms with Crippen LogP contribution in [0.5, 0.6) is 0 Å². The van der Waals surface area contributed by atoms with E-state index in [9.17, 15) is 18.5 Å². The van der Waals surface area contributed by atoms with E-state index < -0.39 is 24.7 Å². The summed E-state index contributed by atoms with van der Waals surface area (Å²) < 4.78 is 25.2. The summed E-state index contributed by atoms with van der Waals surface area (Å²) in [5.41, 5.74) is 0. The molecule has 108 valence electrons. The second kappa shape index (κ2) is 5.17. The summed E-state index contributed by atoms with van der Waals surface area (Å²) in [6.45, 7) is 2.44. The third kappa shape index (κ3) is 2.77. The molecule has 0 saturated carbocycles. The largest absolute Gasteiger partial charge is 0.410 e. The van der Waals surface area contributed by atoms with Crippen LogP contribution >= 0.6 is 10.7 Å². The van der Waals surface area contributed by atoms with Crippen LogP contribution < -0.4 is 0 Å². The van der Waals surface area contributed by atoms with Crippen LogP contribution in [0.1, 0.15) is 12.7 Å². The molecule has 0 unspecified atom stereocenters. The van der Waals surface area contributed by atoms with Crippen LogP contribution in [-0.4, -0.2) is 37.9 Å². The number of hydrogen-bond donors (Lipinski definition) is 0. The van der Waals surface area contributed by atoms with Crippen molar-refractivity contribution >= 4 is 25.6 Å². The van der Waals surface area contributed by atoms with E-state index in [1.807, 2.05) is 6.92 Å². The summed E-state index contributed by atoms with van der Waals surface area (Å²) in [6, 6.07) is 0. The fraction of sp³-hybridized carbons (Fsp3) is 0.375. The molecule has 2 rings (SSSR count). The average Bonchev–Trinajstić information content (AvgIpc) is 2.95. The number of aromatic nitrogens is 5. The van der Waals surface area contributed by atoms with Crippen LogP contribution in [-0.2, 0) is 22.1 Å². The van der Waals surface area contributed by atoms with Crippen molar-refractivity contribution in [1.82, 2.24) is 24.5 Å². The number of halogens is 1. The standard InChI is InChI=1S/C8H9ClN6O4S/c1-2-14-7(10-5-11-14)4-13-3-6(20(9,18)19)8(12-13)15(16)17/h3,5H,2,4H2,1H3. The van der Waals surface area contributed by atoms with Crippen molar-refractivity contribution < 1.29 is 13.3 Å². The number of rotatable bonds is 5. The zero-order valence-corrected chi connectivity index (χ0v) is 11.7. The predicted octanol–water partition coefficient (Wildman–Crippen LogP) is 0.379. The molecule has 0 saturated heterocycles. The van der Waals surface area contributed by atoms with E-state index in [2.05, 4.69) is 15.2 Å². The van der Waals surface area contributed by atoms with Gasteiger partial charge in [-0.05, 0) is 11.8 Å². The quantitative estimate of drug-likeness (QED) is 0.442. The average molecular weight is 321 g/mol. The van der Waals surface area contributed by atoms with Gasteiger partial charge in [-0.3, -0.25) is 0 Å². The first-order chi connectivity index (χ1) is 9.32. The van der Waals surface area contributed by atoms with Gasteiger partial charge in [-0.25, -0.2) is 18.1 Å². The highest BCUT2D eigenvalue weighted by molar-refractivity contribution is 8.13. The minimum atomic E-state index is -4.25. The van der Waals surface area contributed by atoms with Gasteiger partial charge in [-0.2, -0.15) is 9.78 Å². The molecule has 0 bridgehead atoms. The molecule has 0 amide bonds. The SMILES string of the molecule is CCn1ncnc1Cn1cc(S(=O)(=O)Cl)c([N+](=O)[O-])n1. The molecule has 0 fully saturated rings. The van der Waals surface area contributed by atoms with E-state index in [1.165, 1.54) is 6.33 Å². The highest BCUT2D eigenvalue weighted by atomic mass is 35.7. The number of aryl methyl sites for hydroxylation is 1. The Kier molecular flexibility index (Phi) is 3.72. The normalized spacial score (nSPS) is 11.7. The summed E-state index contributed by atoms with van der Waals surface area (Å²) in [6.07, 6.45) is 2.32. The molecular formula is C8H9ClN6O4S. The molecule has 2 heterocycles. The van der Waals surface area contributed by atoms with E-state index >= 15 is 0 Å². The predicted molar refractivity (Wildman–Crippen MR) is 66.7 cm³/mol. The maximum absolute atomic E-state index is 11.3. The van der Waals surface area contributed by atoms with Gasteiger partial charge < -0.3 is 10.1 Å². The lowest BCUT2D eigenvalue weighted by atomic mass is 10.5. The summed E-state index contributed by atoms with van der Waals surface area (Å²) in [5.74, 6) is -0.328. The second-order valence-corrected chi connectivity index (χ2v) is 6.24. The van der Waals surface area contributed by atoms with Gasteiger partial charge in [0.15, 0.2) is 5.82 Å². The molecule has 0 aliphatic rings. The van der Waals surface area contributed by atoms with Gasteiger partial charge in [-0.15, -0.1) is 0 Å². The number of nitro groups is 1. The molecule has 0 spiro atoms. The van der Waals surface area contributed by atoms with Crippen LogP contribution in [0.4, 0.5) is 5.82 Å². The van der Waals surface area contributed by atoms with E-state index in [-0.39, 0.29) is 6.54 Å². The summed E-state index contributed by atoms with van der Waals surface area (Å²) in [7, 11) is 0.895. The summed E-state index contributed by atoms with van der Waals surface area (Å²) in [4.78, 5) is 13.2. The summed E-state index contributed by atoms with van der Waals surface area (Å²) >= 11 is 0. The highest BCUT2D eigenvalue weighted by Gasteiger charge is 2.30. The van der Waals surface area contributed by atoms with E-state index in [0.717, 1.165) is 10.9 Å². The Morgan fingerprint density at radius 1 is 1.50 bits per heavy atom. The van der Waals surface area contributed by atoms with Crippen molar-refractivity contribution in [3.8, 4) is 0 Å². The molecule has 0 radical (unpaired) electrons. The van der Waals surface area contributed by atoms with Crippen LogP contribution in [0.2, 0.25) is 0 Å². The molecule has 20 heavy (non-hydrogen) atoms. The second-order valence-electron chi connectivity index (χ2n) is 3.70. The van der Waals surface area contributed by atoms with Crippen LogP contribution in [0.15, 0.2) is 17.4 Å². The molecular weight excluding hydrogens is 312 g/mol. The fourth-order valence-electron chi connectivity index (χ4n) is 1.59. The van der Waals surface area contributed by atoms with Crippen molar-refractivity contribution in [2.24, 2.45) is 0 Å². The van der Waals surface area contributed by atoms with Gasteiger partial charge in [0.05, 0.1) is 11.3 Å². The smallest absolute Gasteiger partial charge is 0.358 e. The topological polar surface area (TPSA) is 126 Å². The van der Waals surface area contributed by atoms with Crippen LogP contribution in [0, 0.1) is 10.1 Å². The number of hydrogen-bond acceptors (Lipinski definition) is 7. The minimum absolute atomic E-state index is 0.0427. The van der Waals surface area contributed by atoms with Crippen molar-refractivity contribution in [1.29, 1.82) is 0 Å². The van der Waals surface area contributed by atoms with E-state index in [0.29, 0.717) is 12.4 Å². The Balaban J connectivity index is 2.42. The molecule has 0 aliphatic carbocycles. The molecule has 2 aromatic heterocycles. The molecule has 0 aromatic carbocycles. The van der Waals surface area contributed by atoms with Gasteiger partial charge in [0, 0.05) is 17.2 Å². The van der Waals surface area contributed by atoms with Crippen molar-refractivity contribution in [2.75, 3.05) is 0 Å². The molecule has 12 heteroatoms. The third-order valence-corrected chi connectivity index (χ3v) is 3.76. The third-order valence-electron chi connectivity index (χ3n) is 2.44. The Morgan fingerprint density at radius 3 is 2.70 bits per heavy atom. The van der Waals surface area contributed by atoms with Crippen molar-refractivity contribution in [3.63, 3.8) is 0 Å². The highest BCUT2D eigenvalue weighted by Crippen LogP contribution is 2.25. The zero-order chi connectivity index (χ0) is 14.9. The molecule has 0 atom stereocenters. The first-order valence-corrected chi connectivity index (χ1v) is 7.67. The lowest BCUT2D eigenvalue weighted by Crippen LogP contribution is -2.09. The first-order valence-electron chi connectivity index (χ1n) is 5.36. The van der Waals surface area contributed by atoms with Crippen LogP contribution in [0.3, 0.4) is 0 Å². The Bertz CT molecular complexity index is 751. The van der Waals surface area contributed by atoms with Crippen molar-refractivity contribution in [2.45, 2.75) is 24.9 Å². The van der Waals surface area contributed by atoms with Gasteiger partial charge in [0.2, 0.25) is 4.90 Å². The van der Waals surface area contributed by atoms with E-state index in [4.69, 9.17) is 10.7 Å². The number of nitrogens with zero attached hydrogens (tertiary/aromatic N) is 6. The van der Waals surface area contributed by atoms with Gasteiger partial charge in [0.25, 0.3) is 9.05 Å². The minimum Gasteiger partial charge on any atom is -0.358 e. The Morgan fingerprint density at radius 2 is 2.20 bits per heavy atom. The maximum Gasteiger partial charge on any atom is 0.410 e. The maximum atomic E-state index is 11.3. The Labute approximate surface area is 117 Å². The van der Waals surface area contributed by atoms with Gasteiger partial charge in [-0.1, -0.05) is 0 Å². The molecule has 2 aromatic rings. The lowest BCUT2D eigenvalue weighted by Gasteiger charge is -1.99. The summed E-state index contributed by atoms with van der Waals surface area (Å²) in [5, 5.41) is 18.3. The monoisotopic (exact) mass is 320 g/mol. The van der Waals surface area contributed by atoms with Gasteiger partial charge in [0.1, 0.15) is 12.9 Å². The van der Waals surface area contributed by atoms with Crippen molar-refractivity contribution in [3.05, 3.63) is 28.5 Å². The van der Waals surface area contributed by atoms with E-state index in [1.54, 1.807) is 4.68 Å². The Hall–Kier alpha value is -2.01. The molecule has 10 nitrogen and oxygen atoms in total. The molecule has 0 N–H and O–H groups in total.